The number of carbonyl (C=O) groups excluding carboxylic acids is 1. The largest absolute Gasteiger partial charge is 0.481 e. The number of hydrogen-bond donors (Lipinski definition) is 4. The summed E-state index contributed by atoms with van der Waals surface area (Å²) in [7, 11) is 0.820. The van der Waals surface area contributed by atoms with Crippen LogP contribution in [0.3, 0.4) is 0 Å². The van der Waals surface area contributed by atoms with Gasteiger partial charge in [0.05, 0.1) is 45.3 Å². The van der Waals surface area contributed by atoms with Gasteiger partial charge in [0.25, 0.3) is 5.91 Å². The van der Waals surface area contributed by atoms with Crippen molar-refractivity contribution in [3.05, 3.63) is 111 Å². The first kappa shape index (κ1) is 46.5. The Kier molecular flexibility index (Phi) is 17.2. The lowest BCUT2D eigenvalue weighted by Crippen LogP contribution is -2.42. The van der Waals surface area contributed by atoms with Gasteiger partial charge in [-0.05, 0) is 97.0 Å². The minimum absolute atomic E-state index is 0. The van der Waals surface area contributed by atoms with Crippen molar-refractivity contribution < 1.29 is 49.3 Å². The third kappa shape index (κ3) is 12.6. The van der Waals surface area contributed by atoms with Crippen molar-refractivity contribution >= 4 is 68.6 Å². The van der Waals surface area contributed by atoms with Crippen LogP contribution in [0.2, 0.25) is 10.0 Å². The number of carboxylic acids is 3. The van der Waals surface area contributed by atoms with Crippen LogP contribution >= 0.6 is 23.2 Å². The molecule has 4 aromatic rings. The third-order valence-electron chi connectivity index (χ3n) is 9.81. The van der Waals surface area contributed by atoms with E-state index in [2.05, 4.69) is 17.0 Å². The normalized spacial score (nSPS) is 14.2. The van der Waals surface area contributed by atoms with Crippen LogP contribution in [-0.4, -0.2) is 109 Å². The number of rotatable bonds is 14. The Morgan fingerprint density at radius 3 is 2.12 bits per heavy atom. The van der Waals surface area contributed by atoms with Crippen LogP contribution in [0.25, 0.3) is 10.8 Å². The summed E-state index contributed by atoms with van der Waals surface area (Å²) in [6.07, 6.45) is 2.35. The van der Waals surface area contributed by atoms with Crippen LogP contribution < -0.4 is 0 Å². The molecule has 5 rings (SSSR count). The average molecular weight is 843 g/mol. The van der Waals surface area contributed by atoms with Crippen LogP contribution in [0.5, 0.6) is 0 Å². The summed E-state index contributed by atoms with van der Waals surface area (Å²) in [5, 5.41) is 46.1. The van der Waals surface area contributed by atoms with Gasteiger partial charge in [-0.2, -0.15) is 5.26 Å². The summed E-state index contributed by atoms with van der Waals surface area (Å²) in [6.45, 7) is 3.30. The SMILES string of the molecule is CN(CC(CCN1CCC(c2ccccc2[S@](C)=O)CC1)c1ccc(Cl)c(Cl)c1)C(=O)c1cc(C#N)cc2ccccc12.O.O=C(O)CC(O)(CC(=O)O)C(=O)O. The van der Waals surface area contributed by atoms with Gasteiger partial charge in [-0.1, -0.05) is 71.7 Å². The molecule has 0 radical (unpaired) electrons. The van der Waals surface area contributed by atoms with E-state index in [1.807, 2.05) is 73.8 Å². The number of piperidine rings is 1. The van der Waals surface area contributed by atoms with Crippen molar-refractivity contribution in [1.29, 1.82) is 5.26 Å². The van der Waals surface area contributed by atoms with Gasteiger partial charge in [0, 0.05) is 36.2 Å². The van der Waals surface area contributed by atoms with Gasteiger partial charge >= 0.3 is 17.9 Å². The van der Waals surface area contributed by atoms with E-state index in [4.69, 9.17) is 43.6 Å². The number of benzene rings is 4. The molecule has 0 aliphatic carbocycles. The molecule has 1 unspecified atom stereocenters. The second-order valence-electron chi connectivity index (χ2n) is 13.8. The molecule has 16 heteroatoms. The zero-order valence-corrected chi connectivity index (χ0v) is 33.7. The van der Waals surface area contributed by atoms with Gasteiger partial charge in [-0.15, -0.1) is 0 Å². The Balaban J connectivity index is 0.000000535. The van der Waals surface area contributed by atoms with Gasteiger partial charge in [-0.25, -0.2) is 4.79 Å². The zero-order chi connectivity index (χ0) is 41.2. The first-order valence-electron chi connectivity index (χ1n) is 17.7. The van der Waals surface area contributed by atoms with E-state index in [1.165, 1.54) is 5.56 Å². The summed E-state index contributed by atoms with van der Waals surface area (Å²) in [6, 6.07) is 27.2. The standard InChI is InChI=1S/C35H35Cl2N3O2S.C6H8O7.H2O/c1-39(35(41)31-20-24(22-38)19-27-7-3-4-8-29(27)31)23-28(26-11-12-32(36)33(37)21-26)15-18-40-16-13-25(14-17-40)30-9-5-6-10-34(30)43(2)42;7-3(8)1-6(13,5(11)12)2-4(9)10;/h3-12,19-21,25,28H,13-18,23H2,1-2H3;13H,1-2H2,(H,7,8)(H,9,10)(H,11,12);1H2/t28?,43-;;/m0../s1. The fraction of sp³-hybridized carbons (Fsp3) is 0.341. The highest BCUT2D eigenvalue weighted by Crippen LogP contribution is 2.34. The monoisotopic (exact) mass is 841 g/mol. The van der Waals surface area contributed by atoms with Gasteiger partial charge in [0.15, 0.2) is 5.60 Å². The predicted octanol–water partition coefficient (Wildman–Crippen LogP) is 5.81. The van der Waals surface area contributed by atoms with E-state index in [9.17, 15) is 28.6 Å². The number of fused-ring (bicyclic) bond motifs is 1. The topological polar surface area (TPSA) is 228 Å². The number of hydrogen-bond acceptors (Lipinski definition) is 8. The average Bonchev–Trinajstić information content (AvgIpc) is 3.16. The van der Waals surface area contributed by atoms with E-state index in [0.29, 0.717) is 33.6 Å². The Bertz CT molecular complexity index is 2140. The smallest absolute Gasteiger partial charge is 0.336 e. The quantitative estimate of drug-likeness (QED) is 0.118. The minimum Gasteiger partial charge on any atom is -0.481 e. The van der Waals surface area contributed by atoms with Crippen molar-refractivity contribution in [2.75, 3.05) is 39.5 Å². The number of amides is 1. The van der Waals surface area contributed by atoms with Crippen LogP contribution in [0.15, 0.2) is 83.8 Å². The Morgan fingerprint density at radius 1 is 0.930 bits per heavy atom. The molecule has 2 atom stereocenters. The molecule has 6 N–H and O–H groups in total. The first-order valence-corrected chi connectivity index (χ1v) is 20.0. The van der Waals surface area contributed by atoms with Gasteiger partial charge in [0.2, 0.25) is 0 Å². The van der Waals surface area contributed by atoms with Crippen LogP contribution in [0.4, 0.5) is 0 Å². The number of nitriles is 1. The fourth-order valence-electron chi connectivity index (χ4n) is 6.90. The molecule has 57 heavy (non-hydrogen) atoms. The number of carboxylic acid groups (broad SMARTS) is 3. The maximum absolute atomic E-state index is 13.8. The van der Waals surface area contributed by atoms with Crippen molar-refractivity contribution in [1.82, 2.24) is 9.80 Å². The highest BCUT2D eigenvalue weighted by Gasteiger charge is 2.40. The third-order valence-corrected chi connectivity index (χ3v) is 11.5. The number of nitrogens with zero attached hydrogens (tertiary/aromatic N) is 3. The molecule has 0 spiro atoms. The molecule has 1 fully saturated rings. The summed E-state index contributed by atoms with van der Waals surface area (Å²) >= 11 is 12.7. The number of carbonyl (C=O) groups is 4. The highest BCUT2D eigenvalue weighted by molar-refractivity contribution is 7.84. The maximum atomic E-state index is 13.8. The first-order chi connectivity index (χ1) is 26.5. The maximum Gasteiger partial charge on any atom is 0.336 e. The highest BCUT2D eigenvalue weighted by atomic mass is 35.5. The van der Waals surface area contributed by atoms with Crippen LogP contribution in [0.1, 0.15) is 71.0 Å². The fourth-order valence-corrected chi connectivity index (χ4v) is 8.04. The molecule has 0 saturated carbocycles. The Morgan fingerprint density at radius 2 is 1.54 bits per heavy atom. The molecule has 13 nitrogen and oxygen atoms in total. The van der Waals surface area contributed by atoms with Crippen molar-refractivity contribution in [2.45, 2.75) is 54.4 Å². The van der Waals surface area contributed by atoms with Crippen molar-refractivity contribution in [3.63, 3.8) is 0 Å². The molecular formula is C41H45Cl2N3O10S. The molecule has 1 aliphatic heterocycles. The molecule has 304 valence electrons. The molecule has 0 bridgehead atoms. The lowest BCUT2D eigenvalue weighted by Gasteiger charge is -2.34. The van der Waals surface area contributed by atoms with Crippen LogP contribution in [0, 0.1) is 11.3 Å². The molecular weight excluding hydrogens is 797 g/mol. The second-order valence-corrected chi connectivity index (χ2v) is 15.9. The van der Waals surface area contributed by atoms with Crippen LogP contribution in [-0.2, 0) is 25.2 Å². The molecule has 1 amide bonds. The van der Waals surface area contributed by atoms with E-state index in [0.717, 1.165) is 60.1 Å². The molecule has 0 aromatic heterocycles. The van der Waals surface area contributed by atoms with E-state index >= 15 is 0 Å². The summed E-state index contributed by atoms with van der Waals surface area (Å²) < 4.78 is 12.3. The van der Waals surface area contributed by atoms with Gasteiger partial charge in [-0.3, -0.25) is 18.6 Å². The summed E-state index contributed by atoms with van der Waals surface area (Å²) in [5.41, 5.74) is 0.509. The van der Waals surface area contributed by atoms with Gasteiger partial charge < -0.3 is 35.7 Å². The molecule has 1 aliphatic rings. The van der Waals surface area contributed by atoms with E-state index < -0.39 is 47.2 Å². The number of likely N-dealkylation sites (N-methyl/N-ethyl adjacent to an activating group) is 1. The zero-order valence-electron chi connectivity index (χ0n) is 31.4. The molecule has 1 saturated heterocycles. The number of aliphatic carboxylic acids is 3. The predicted molar refractivity (Wildman–Crippen MR) is 217 cm³/mol. The Hall–Kier alpha value is -4.88. The van der Waals surface area contributed by atoms with Crippen molar-refractivity contribution in [3.8, 4) is 6.07 Å². The van der Waals surface area contributed by atoms with Crippen molar-refractivity contribution in [2.24, 2.45) is 0 Å². The lowest BCUT2D eigenvalue weighted by atomic mass is 9.88. The minimum atomic E-state index is -2.74. The number of aliphatic hydroxyl groups is 1. The molecule has 1 heterocycles. The summed E-state index contributed by atoms with van der Waals surface area (Å²) in [5.74, 6) is -4.69. The number of likely N-dealkylation sites (tertiary alicyclic amines) is 1. The lowest BCUT2D eigenvalue weighted by molar-refractivity contribution is -0.170. The van der Waals surface area contributed by atoms with Gasteiger partial charge in [0.1, 0.15) is 0 Å². The Labute approximate surface area is 342 Å². The number of halogens is 2. The van der Waals surface area contributed by atoms with E-state index in [1.54, 1.807) is 17.2 Å². The second kappa shape index (κ2) is 21.0. The summed E-state index contributed by atoms with van der Waals surface area (Å²) in [4.78, 5) is 49.5. The molecule has 4 aromatic carbocycles. The van der Waals surface area contributed by atoms with E-state index in [-0.39, 0.29) is 17.3 Å².